The van der Waals surface area contributed by atoms with E-state index in [4.69, 9.17) is 17.3 Å². The van der Waals surface area contributed by atoms with Gasteiger partial charge in [0.2, 0.25) is 0 Å². The second-order valence-electron chi connectivity index (χ2n) is 4.48. The monoisotopic (exact) mass is 274 g/mol. The van der Waals surface area contributed by atoms with Crippen LogP contribution in [0.5, 0.6) is 0 Å². The highest BCUT2D eigenvalue weighted by Crippen LogP contribution is 2.36. The quantitative estimate of drug-likeness (QED) is 0.902. The van der Waals surface area contributed by atoms with Crippen LogP contribution in [0, 0.1) is 6.92 Å². The van der Waals surface area contributed by atoms with Crippen LogP contribution in [0.4, 0.5) is 11.4 Å². The van der Waals surface area contributed by atoms with Crippen LogP contribution in [0.3, 0.4) is 0 Å². The SMILES string of the molecule is CCN(c1ccccc1C)c1c(Cl)cccc1CN. The minimum atomic E-state index is 0.484. The standard InChI is InChI=1S/C16H19ClN2/c1-3-19(15-10-5-4-7-12(15)2)16-13(11-18)8-6-9-14(16)17/h4-10H,3,11,18H2,1-2H3. The van der Waals surface area contributed by atoms with E-state index in [1.807, 2.05) is 30.3 Å². The van der Waals surface area contributed by atoms with E-state index in [1.54, 1.807) is 0 Å². The summed E-state index contributed by atoms with van der Waals surface area (Å²) in [6.45, 7) is 5.56. The summed E-state index contributed by atoms with van der Waals surface area (Å²) in [5, 5.41) is 0.744. The lowest BCUT2D eigenvalue weighted by atomic mass is 10.1. The van der Waals surface area contributed by atoms with Crippen LogP contribution in [0.1, 0.15) is 18.1 Å². The van der Waals surface area contributed by atoms with E-state index in [0.717, 1.165) is 22.8 Å². The predicted molar refractivity (Wildman–Crippen MR) is 83.2 cm³/mol. The molecule has 0 aromatic heterocycles. The van der Waals surface area contributed by atoms with Gasteiger partial charge in [0.25, 0.3) is 0 Å². The van der Waals surface area contributed by atoms with Gasteiger partial charge in [-0.1, -0.05) is 41.9 Å². The molecule has 0 aliphatic carbocycles. The maximum Gasteiger partial charge on any atom is 0.0646 e. The molecule has 2 aromatic rings. The molecule has 0 radical (unpaired) electrons. The summed E-state index contributed by atoms with van der Waals surface area (Å²) in [6.07, 6.45) is 0. The molecule has 0 unspecified atom stereocenters. The largest absolute Gasteiger partial charge is 0.340 e. The molecule has 0 fully saturated rings. The molecule has 0 bridgehead atoms. The van der Waals surface area contributed by atoms with Gasteiger partial charge in [0.15, 0.2) is 0 Å². The maximum atomic E-state index is 6.39. The molecule has 19 heavy (non-hydrogen) atoms. The van der Waals surface area contributed by atoms with Crippen LogP contribution in [0.2, 0.25) is 5.02 Å². The fourth-order valence-electron chi connectivity index (χ4n) is 2.34. The lowest BCUT2D eigenvalue weighted by Crippen LogP contribution is -2.20. The summed E-state index contributed by atoms with van der Waals surface area (Å²) in [7, 11) is 0. The van der Waals surface area contributed by atoms with E-state index in [2.05, 4.69) is 30.9 Å². The average Bonchev–Trinajstić information content (AvgIpc) is 2.43. The molecule has 2 aromatic carbocycles. The van der Waals surface area contributed by atoms with Crippen molar-refractivity contribution in [3.63, 3.8) is 0 Å². The Morgan fingerprint density at radius 3 is 2.47 bits per heavy atom. The second kappa shape index (κ2) is 6.09. The molecule has 0 aliphatic heterocycles. The van der Waals surface area contributed by atoms with Crippen molar-refractivity contribution < 1.29 is 0 Å². The molecule has 100 valence electrons. The van der Waals surface area contributed by atoms with Crippen molar-refractivity contribution in [2.45, 2.75) is 20.4 Å². The molecular formula is C16H19ClN2. The summed E-state index contributed by atoms with van der Waals surface area (Å²) < 4.78 is 0. The first-order valence-electron chi connectivity index (χ1n) is 6.49. The topological polar surface area (TPSA) is 29.3 Å². The molecule has 2 N–H and O–H groups in total. The molecule has 0 saturated heterocycles. The van der Waals surface area contributed by atoms with Crippen molar-refractivity contribution in [1.82, 2.24) is 0 Å². The Kier molecular flexibility index (Phi) is 4.46. The molecule has 2 rings (SSSR count). The zero-order chi connectivity index (χ0) is 13.8. The number of para-hydroxylation sites is 2. The van der Waals surface area contributed by atoms with Crippen LogP contribution in [0.25, 0.3) is 0 Å². The average molecular weight is 275 g/mol. The highest BCUT2D eigenvalue weighted by atomic mass is 35.5. The highest BCUT2D eigenvalue weighted by molar-refractivity contribution is 6.33. The summed E-state index contributed by atoms with van der Waals surface area (Å²) in [4.78, 5) is 2.22. The smallest absolute Gasteiger partial charge is 0.0646 e. The van der Waals surface area contributed by atoms with E-state index in [1.165, 1.54) is 11.3 Å². The number of hydrogen-bond acceptors (Lipinski definition) is 2. The Hall–Kier alpha value is -1.51. The minimum absolute atomic E-state index is 0.484. The fourth-order valence-corrected chi connectivity index (χ4v) is 2.64. The number of rotatable bonds is 4. The first-order valence-corrected chi connectivity index (χ1v) is 6.87. The van der Waals surface area contributed by atoms with Gasteiger partial charge in [-0.2, -0.15) is 0 Å². The summed E-state index contributed by atoms with van der Waals surface area (Å²) in [6, 6.07) is 14.2. The fraction of sp³-hybridized carbons (Fsp3) is 0.250. The van der Waals surface area contributed by atoms with Gasteiger partial charge in [0.05, 0.1) is 10.7 Å². The second-order valence-corrected chi connectivity index (χ2v) is 4.89. The van der Waals surface area contributed by atoms with Crippen molar-refractivity contribution in [3.05, 3.63) is 58.6 Å². The zero-order valence-electron chi connectivity index (χ0n) is 11.4. The number of hydrogen-bond donors (Lipinski definition) is 1. The number of aryl methyl sites for hydroxylation is 1. The Morgan fingerprint density at radius 2 is 1.84 bits per heavy atom. The van der Waals surface area contributed by atoms with Gasteiger partial charge < -0.3 is 10.6 Å². The molecular weight excluding hydrogens is 256 g/mol. The van der Waals surface area contributed by atoms with Crippen LogP contribution < -0.4 is 10.6 Å². The molecule has 0 heterocycles. The first kappa shape index (κ1) is 13.9. The van der Waals surface area contributed by atoms with E-state index in [9.17, 15) is 0 Å². The van der Waals surface area contributed by atoms with Crippen molar-refractivity contribution in [2.75, 3.05) is 11.4 Å². The lowest BCUT2D eigenvalue weighted by Gasteiger charge is -2.28. The van der Waals surface area contributed by atoms with Crippen LogP contribution in [-0.4, -0.2) is 6.54 Å². The molecule has 3 heteroatoms. The normalized spacial score (nSPS) is 10.5. The zero-order valence-corrected chi connectivity index (χ0v) is 12.1. The van der Waals surface area contributed by atoms with E-state index in [-0.39, 0.29) is 0 Å². The van der Waals surface area contributed by atoms with Crippen molar-refractivity contribution in [2.24, 2.45) is 5.73 Å². The number of halogens is 1. The van der Waals surface area contributed by atoms with E-state index < -0.39 is 0 Å². The van der Waals surface area contributed by atoms with Gasteiger partial charge >= 0.3 is 0 Å². The molecule has 0 spiro atoms. The Labute approximate surface area is 119 Å². The minimum Gasteiger partial charge on any atom is -0.340 e. The van der Waals surface area contributed by atoms with Gasteiger partial charge in [0.1, 0.15) is 0 Å². The maximum absolute atomic E-state index is 6.39. The number of benzene rings is 2. The first-order chi connectivity index (χ1) is 9.19. The van der Waals surface area contributed by atoms with Crippen molar-refractivity contribution in [3.8, 4) is 0 Å². The lowest BCUT2D eigenvalue weighted by molar-refractivity contribution is 0.978. The molecule has 0 amide bonds. The summed E-state index contributed by atoms with van der Waals surface area (Å²) >= 11 is 6.39. The highest BCUT2D eigenvalue weighted by Gasteiger charge is 2.15. The Balaban J connectivity index is 2.58. The van der Waals surface area contributed by atoms with Crippen molar-refractivity contribution >= 4 is 23.0 Å². The summed E-state index contributed by atoms with van der Waals surface area (Å²) in [5.41, 5.74) is 10.3. The summed E-state index contributed by atoms with van der Waals surface area (Å²) in [5.74, 6) is 0. The third-order valence-electron chi connectivity index (χ3n) is 3.28. The van der Waals surface area contributed by atoms with Gasteiger partial charge in [-0.3, -0.25) is 0 Å². The third-order valence-corrected chi connectivity index (χ3v) is 3.59. The van der Waals surface area contributed by atoms with Gasteiger partial charge in [-0.05, 0) is 37.1 Å². The van der Waals surface area contributed by atoms with Crippen LogP contribution in [-0.2, 0) is 6.54 Å². The van der Waals surface area contributed by atoms with E-state index >= 15 is 0 Å². The van der Waals surface area contributed by atoms with Crippen LogP contribution >= 0.6 is 11.6 Å². The number of nitrogens with zero attached hydrogens (tertiary/aromatic N) is 1. The van der Waals surface area contributed by atoms with Gasteiger partial charge in [-0.25, -0.2) is 0 Å². The molecule has 0 saturated carbocycles. The number of anilines is 2. The molecule has 2 nitrogen and oxygen atoms in total. The molecule has 0 aliphatic rings. The van der Waals surface area contributed by atoms with Gasteiger partial charge in [-0.15, -0.1) is 0 Å². The Bertz CT molecular complexity index is 566. The van der Waals surface area contributed by atoms with Gasteiger partial charge in [0, 0.05) is 18.8 Å². The number of nitrogens with two attached hydrogens (primary N) is 1. The third kappa shape index (κ3) is 2.75. The van der Waals surface area contributed by atoms with E-state index in [0.29, 0.717) is 6.54 Å². The van der Waals surface area contributed by atoms with Crippen LogP contribution in [0.15, 0.2) is 42.5 Å². The Morgan fingerprint density at radius 1 is 1.11 bits per heavy atom. The predicted octanol–water partition coefficient (Wildman–Crippen LogP) is 4.27. The van der Waals surface area contributed by atoms with Crippen molar-refractivity contribution in [1.29, 1.82) is 0 Å². The molecule has 0 atom stereocenters.